The minimum absolute atomic E-state index is 0.119. The third-order valence-corrected chi connectivity index (χ3v) is 7.18. The van der Waals surface area contributed by atoms with Crippen LogP contribution in [-0.2, 0) is 9.59 Å². The van der Waals surface area contributed by atoms with Gasteiger partial charge in [0, 0.05) is 23.0 Å². The average molecular weight is 576 g/mol. The minimum Gasteiger partial charge on any atom is -0.454 e. The van der Waals surface area contributed by atoms with E-state index in [-0.39, 0.29) is 30.9 Å². The summed E-state index contributed by atoms with van der Waals surface area (Å²) in [4.78, 5) is 39.0. The Balaban J connectivity index is 1.16. The number of fused-ring (bicyclic) bond motifs is 1. The van der Waals surface area contributed by atoms with Crippen LogP contribution in [0.25, 0.3) is 6.08 Å². The molecule has 0 aliphatic carbocycles. The first-order chi connectivity index (χ1) is 16.9. The first-order valence-electron chi connectivity index (χ1n) is 10.9. The number of nitrogens with zero attached hydrogens (tertiary/aromatic N) is 1. The summed E-state index contributed by atoms with van der Waals surface area (Å²) < 4.78 is 12.1. The van der Waals surface area contributed by atoms with Gasteiger partial charge in [0.15, 0.2) is 11.5 Å². The lowest BCUT2D eigenvalue weighted by Gasteiger charge is -2.14. The molecule has 1 fully saturated rings. The lowest BCUT2D eigenvalue weighted by Crippen LogP contribution is -2.41. The molecule has 2 N–H and O–H groups in total. The number of ether oxygens (including phenoxy) is 2. The van der Waals surface area contributed by atoms with Gasteiger partial charge in [-0.2, -0.15) is 0 Å². The molecule has 2 aliphatic heterocycles. The van der Waals surface area contributed by atoms with Crippen molar-refractivity contribution in [1.29, 1.82) is 0 Å². The highest BCUT2D eigenvalue weighted by Crippen LogP contribution is 2.36. The third kappa shape index (κ3) is 6.62. The topological polar surface area (TPSA) is 97.0 Å². The zero-order chi connectivity index (χ0) is 24.8. The van der Waals surface area contributed by atoms with Gasteiger partial charge in [0.1, 0.15) is 4.32 Å². The van der Waals surface area contributed by atoms with E-state index in [9.17, 15) is 14.4 Å². The van der Waals surface area contributed by atoms with E-state index in [1.807, 2.05) is 18.2 Å². The van der Waals surface area contributed by atoms with Crippen molar-refractivity contribution in [3.8, 4) is 11.5 Å². The standard InChI is InChI=1S/C24H22BrN3O5S2/c25-17-8-6-16(7-9-17)22(30)27-26-21(29)4-2-1-3-11-28-23(31)20(35-24(28)34)13-15-5-10-18-19(12-15)33-14-32-18/h5-10,12-13H,1-4,11,14H2,(H,26,29)(H,27,30)/b20-13-. The number of carbonyl (C=O) groups excluding carboxylic acids is 3. The van der Waals surface area contributed by atoms with Gasteiger partial charge in [0.05, 0.1) is 4.91 Å². The number of halogens is 1. The first kappa shape index (κ1) is 25.2. The van der Waals surface area contributed by atoms with Gasteiger partial charge in [-0.05, 0) is 60.9 Å². The van der Waals surface area contributed by atoms with Gasteiger partial charge >= 0.3 is 0 Å². The van der Waals surface area contributed by atoms with Gasteiger partial charge in [-0.15, -0.1) is 0 Å². The number of thioether (sulfide) groups is 1. The lowest BCUT2D eigenvalue weighted by atomic mass is 10.1. The predicted octanol–water partition coefficient (Wildman–Crippen LogP) is 4.40. The van der Waals surface area contributed by atoms with E-state index in [1.165, 1.54) is 11.8 Å². The zero-order valence-electron chi connectivity index (χ0n) is 18.5. The summed E-state index contributed by atoms with van der Waals surface area (Å²) in [5.41, 5.74) is 6.12. The largest absolute Gasteiger partial charge is 0.454 e. The lowest BCUT2D eigenvalue weighted by molar-refractivity contribution is -0.123. The second-order valence-corrected chi connectivity index (χ2v) is 10.4. The van der Waals surface area contributed by atoms with Crippen LogP contribution in [-0.4, -0.2) is 40.3 Å². The molecule has 2 heterocycles. The Morgan fingerprint density at radius 2 is 1.83 bits per heavy atom. The summed E-state index contributed by atoms with van der Waals surface area (Å²) in [5, 5.41) is 0. The molecule has 4 rings (SSSR count). The number of rotatable bonds is 8. The Kier molecular flexibility index (Phi) is 8.42. The SMILES string of the molecule is O=C(CCCCCN1C(=O)/C(=C/c2ccc3c(c2)OCO3)SC1=S)NNC(=O)c1ccc(Br)cc1. The van der Waals surface area contributed by atoms with Crippen LogP contribution >= 0.6 is 39.9 Å². The summed E-state index contributed by atoms with van der Waals surface area (Å²) in [6, 6.07) is 12.3. The second-order valence-electron chi connectivity index (χ2n) is 7.77. The fraction of sp³-hybridized carbons (Fsp3) is 0.250. The summed E-state index contributed by atoms with van der Waals surface area (Å²) in [6.07, 6.45) is 4.15. The normalized spacial score (nSPS) is 15.6. The van der Waals surface area contributed by atoms with E-state index < -0.39 is 0 Å². The van der Waals surface area contributed by atoms with Crippen molar-refractivity contribution in [3.63, 3.8) is 0 Å². The molecular formula is C24H22BrN3O5S2. The number of thiocarbonyl (C=S) groups is 1. The van der Waals surface area contributed by atoms with Crippen molar-refractivity contribution in [2.24, 2.45) is 0 Å². The Bertz CT molecular complexity index is 1190. The molecule has 3 amide bonds. The molecule has 8 nitrogen and oxygen atoms in total. The van der Waals surface area contributed by atoms with Crippen molar-refractivity contribution in [2.45, 2.75) is 25.7 Å². The van der Waals surface area contributed by atoms with Crippen LogP contribution in [0.1, 0.15) is 41.6 Å². The van der Waals surface area contributed by atoms with E-state index in [1.54, 1.807) is 35.2 Å². The number of hydrogen-bond donors (Lipinski definition) is 2. The van der Waals surface area contributed by atoms with Gasteiger partial charge in [-0.25, -0.2) is 0 Å². The quantitative estimate of drug-likeness (QED) is 0.208. The molecule has 0 unspecified atom stereocenters. The van der Waals surface area contributed by atoms with Crippen molar-refractivity contribution in [3.05, 3.63) is 63.0 Å². The molecule has 2 aliphatic rings. The summed E-state index contributed by atoms with van der Waals surface area (Å²) in [7, 11) is 0. The smallest absolute Gasteiger partial charge is 0.269 e. The molecule has 0 bridgehead atoms. The molecule has 2 aromatic carbocycles. The number of hydrazine groups is 1. The van der Waals surface area contributed by atoms with Crippen molar-refractivity contribution >= 4 is 68.0 Å². The van der Waals surface area contributed by atoms with Crippen LogP contribution in [0.5, 0.6) is 11.5 Å². The first-order valence-corrected chi connectivity index (χ1v) is 12.9. The Morgan fingerprint density at radius 1 is 1.06 bits per heavy atom. The number of amides is 3. The summed E-state index contributed by atoms with van der Waals surface area (Å²) in [5.74, 6) is 0.578. The van der Waals surface area contributed by atoms with E-state index in [2.05, 4.69) is 26.8 Å². The maximum atomic E-state index is 12.8. The average Bonchev–Trinajstić information content (AvgIpc) is 3.42. The Morgan fingerprint density at radius 3 is 2.63 bits per heavy atom. The van der Waals surface area contributed by atoms with E-state index in [0.29, 0.717) is 45.7 Å². The molecule has 182 valence electrons. The van der Waals surface area contributed by atoms with Gasteiger partial charge < -0.3 is 9.47 Å². The molecular weight excluding hydrogens is 554 g/mol. The third-order valence-electron chi connectivity index (χ3n) is 5.28. The molecule has 0 aromatic heterocycles. The van der Waals surface area contributed by atoms with E-state index in [4.69, 9.17) is 21.7 Å². The van der Waals surface area contributed by atoms with Crippen LogP contribution in [0, 0.1) is 0 Å². The van der Waals surface area contributed by atoms with Crippen LogP contribution in [0.15, 0.2) is 51.8 Å². The number of nitrogens with one attached hydrogen (secondary N) is 2. The molecule has 0 spiro atoms. The van der Waals surface area contributed by atoms with Crippen LogP contribution in [0.3, 0.4) is 0 Å². The number of hydrogen-bond acceptors (Lipinski definition) is 7. The summed E-state index contributed by atoms with van der Waals surface area (Å²) in [6.45, 7) is 0.689. The monoisotopic (exact) mass is 575 g/mol. The van der Waals surface area contributed by atoms with Gasteiger partial charge in [0.2, 0.25) is 12.7 Å². The molecule has 2 aromatic rings. The van der Waals surface area contributed by atoms with Crippen LogP contribution in [0.4, 0.5) is 0 Å². The number of benzene rings is 2. The molecule has 0 radical (unpaired) electrons. The molecule has 11 heteroatoms. The Hall–Kier alpha value is -2.89. The van der Waals surface area contributed by atoms with Crippen LogP contribution < -0.4 is 20.3 Å². The van der Waals surface area contributed by atoms with E-state index >= 15 is 0 Å². The van der Waals surface area contributed by atoms with Gasteiger partial charge in [-0.1, -0.05) is 52.4 Å². The van der Waals surface area contributed by atoms with Gasteiger partial charge in [0.25, 0.3) is 11.8 Å². The van der Waals surface area contributed by atoms with Crippen molar-refractivity contribution in [2.75, 3.05) is 13.3 Å². The van der Waals surface area contributed by atoms with Crippen molar-refractivity contribution in [1.82, 2.24) is 15.8 Å². The number of carbonyl (C=O) groups is 3. The van der Waals surface area contributed by atoms with E-state index in [0.717, 1.165) is 16.5 Å². The van der Waals surface area contributed by atoms with Gasteiger partial charge in [-0.3, -0.25) is 30.1 Å². The molecule has 0 saturated carbocycles. The van der Waals surface area contributed by atoms with Crippen LogP contribution in [0.2, 0.25) is 0 Å². The molecule has 1 saturated heterocycles. The number of unbranched alkanes of at least 4 members (excludes halogenated alkanes) is 2. The second kappa shape index (κ2) is 11.7. The maximum Gasteiger partial charge on any atom is 0.269 e. The Labute approximate surface area is 220 Å². The molecule has 35 heavy (non-hydrogen) atoms. The fourth-order valence-electron chi connectivity index (χ4n) is 3.44. The summed E-state index contributed by atoms with van der Waals surface area (Å²) >= 11 is 9.98. The van der Waals surface area contributed by atoms with Crippen molar-refractivity contribution < 1.29 is 23.9 Å². The zero-order valence-corrected chi connectivity index (χ0v) is 21.8. The highest BCUT2D eigenvalue weighted by atomic mass is 79.9. The predicted molar refractivity (Wildman–Crippen MR) is 141 cm³/mol. The highest BCUT2D eigenvalue weighted by molar-refractivity contribution is 9.10. The highest BCUT2D eigenvalue weighted by Gasteiger charge is 2.31. The minimum atomic E-state index is -0.381. The fourth-order valence-corrected chi connectivity index (χ4v) is 5.01. The molecule has 0 atom stereocenters. The maximum absolute atomic E-state index is 12.8.